The summed E-state index contributed by atoms with van der Waals surface area (Å²) in [6.45, 7) is 0.487. The van der Waals surface area contributed by atoms with Crippen LogP contribution in [-0.2, 0) is 11.3 Å². The third kappa shape index (κ3) is 4.51. The van der Waals surface area contributed by atoms with Crippen LogP contribution in [0.25, 0.3) is 10.9 Å². The molecule has 27 heavy (non-hydrogen) atoms. The van der Waals surface area contributed by atoms with Crippen LogP contribution in [0, 0.1) is 0 Å². The molecule has 7 nitrogen and oxygen atoms in total. The summed E-state index contributed by atoms with van der Waals surface area (Å²) >= 11 is 5.97. The summed E-state index contributed by atoms with van der Waals surface area (Å²) in [7, 11) is 0. The van der Waals surface area contributed by atoms with Crippen molar-refractivity contribution in [2.75, 3.05) is 13.1 Å². The number of para-hydroxylation sites is 1. The number of benzene rings is 2. The van der Waals surface area contributed by atoms with Crippen LogP contribution in [0.3, 0.4) is 0 Å². The fourth-order valence-corrected chi connectivity index (χ4v) is 2.82. The lowest BCUT2D eigenvalue weighted by atomic mass is 10.2. The molecule has 3 rings (SSSR count). The van der Waals surface area contributed by atoms with Crippen molar-refractivity contribution in [3.8, 4) is 0 Å². The van der Waals surface area contributed by atoms with Crippen molar-refractivity contribution in [3.05, 3.63) is 75.5 Å². The Bertz CT molecular complexity index is 1050. The molecule has 0 unspecified atom stereocenters. The fraction of sp³-hybridized carbons (Fsp3) is 0.158. The number of hydrogen-bond donors (Lipinski definition) is 2. The predicted octanol–water partition coefficient (Wildman–Crippen LogP) is 1.60. The zero-order valence-corrected chi connectivity index (χ0v) is 15.1. The molecule has 138 valence electrons. The van der Waals surface area contributed by atoms with Gasteiger partial charge in [-0.3, -0.25) is 19.1 Å². The normalized spacial score (nSPS) is 10.6. The quantitative estimate of drug-likeness (QED) is 0.631. The Labute approximate surface area is 160 Å². The largest absolute Gasteiger partial charge is 0.353 e. The highest BCUT2D eigenvalue weighted by Gasteiger charge is 2.10. The van der Waals surface area contributed by atoms with E-state index in [9.17, 15) is 14.4 Å². The second-order valence-corrected chi connectivity index (χ2v) is 6.18. The van der Waals surface area contributed by atoms with Crippen molar-refractivity contribution in [1.29, 1.82) is 0 Å². The van der Waals surface area contributed by atoms with Gasteiger partial charge in [0.25, 0.3) is 5.91 Å². The average Bonchev–Trinajstić information content (AvgIpc) is 2.68. The van der Waals surface area contributed by atoms with E-state index < -0.39 is 0 Å². The van der Waals surface area contributed by atoms with Crippen molar-refractivity contribution in [3.63, 3.8) is 0 Å². The molecule has 0 fully saturated rings. The lowest BCUT2D eigenvalue weighted by molar-refractivity contribution is -0.121. The van der Waals surface area contributed by atoms with Crippen molar-refractivity contribution < 1.29 is 9.59 Å². The van der Waals surface area contributed by atoms with Gasteiger partial charge in [0, 0.05) is 18.5 Å². The molecule has 0 atom stereocenters. The number of nitrogens with zero attached hydrogens (tertiary/aromatic N) is 2. The molecule has 2 aromatic carbocycles. The molecule has 2 N–H and O–H groups in total. The molecule has 0 aliphatic rings. The van der Waals surface area contributed by atoms with Crippen LogP contribution in [0.2, 0.25) is 5.02 Å². The lowest BCUT2D eigenvalue weighted by Gasteiger charge is -2.10. The standard InChI is InChI=1S/C19H17ClN4O3/c20-15-7-3-1-5-13(15)19(27)22-10-9-21-18(26)12-24-16-8-4-2-6-14(16)17(25)11-23-24/h1-8,11H,9-10,12H2,(H,21,26)(H,22,27). The van der Waals surface area contributed by atoms with Crippen LogP contribution in [0.1, 0.15) is 10.4 Å². The van der Waals surface area contributed by atoms with E-state index in [0.717, 1.165) is 0 Å². The van der Waals surface area contributed by atoms with E-state index in [1.54, 1.807) is 48.5 Å². The molecule has 0 aliphatic carbocycles. The maximum atomic E-state index is 12.1. The van der Waals surface area contributed by atoms with Gasteiger partial charge in [0.15, 0.2) is 0 Å². The number of halogens is 1. The maximum Gasteiger partial charge on any atom is 0.252 e. The van der Waals surface area contributed by atoms with Crippen LogP contribution in [0.4, 0.5) is 0 Å². The first kappa shape index (κ1) is 18.6. The molecular weight excluding hydrogens is 368 g/mol. The number of fused-ring (bicyclic) bond motifs is 1. The van der Waals surface area contributed by atoms with Crippen LogP contribution < -0.4 is 16.1 Å². The van der Waals surface area contributed by atoms with Crippen LogP contribution in [-0.4, -0.2) is 34.7 Å². The number of hydrogen-bond acceptors (Lipinski definition) is 4. The van der Waals surface area contributed by atoms with Crippen molar-refractivity contribution >= 4 is 34.3 Å². The Kier molecular flexibility index (Phi) is 5.83. The van der Waals surface area contributed by atoms with Crippen LogP contribution in [0.15, 0.2) is 59.5 Å². The van der Waals surface area contributed by atoms with E-state index in [0.29, 0.717) is 21.5 Å². The maximum absolute atomic E-state index is 12.1. The Morgan fingerprint density at radius 3 is 2.52 bits per heavy atom. The van der Waals surface area contributed by atoms with E-state index in [1.165, 1.54) is 10.9 Å². The summed E-state index contributed by atoms with van der Waals surface area (Å²) in [6, 6.07) is 13.7. The Morgan fingerprint density at radius 1 is 1.00 bits per heavy atom. The minimum atomic E-state index is -0.303. The summed E-state index contributed by atoms with van der Waals surface area (Å²) in [6.07, 6.45) is 1.19. The summed E-state index contributed by atoms with van der Waals surface area (Å²) in [5, 5.41) is 10.3. The molecule has 1 heterocycles. The van der Waals surface area contributed by atoms with Crippen molar-refractivity contribution in [2.24, 2.45) is 0 Å². The smallest absolute Gasteiger partial charge is 0.252 e. The molecule has 0 spiro atoms. The van der Waals surface area contributed by atoms with Gasteiger partial charge in [-0.15, -0.1) is 0 Å². The monoisotopic (exact) mass is 384 g/mol. The molecule has 0 aliphatic heterocycles. The zero-order valence-electron chi connectivity index (χ0n) is 14.3. The summed E-state index contributed by atoms with van der Waals surface area (Å²) in [5.41, 5.74) is 0.783. The SMILES string of the molecule is O=C(Cn1ncc(=O)c2ccccc21)NCCNC(=O)c1ccccc1Cl. The molecule has 3 aromatic rings. The van der Waals surface area contributed by atoms with Gasteiger partial charge < -0.3 is 10.6 Å². The van der Waals surface area contributed by atoms with Crippen molar-refractivity contribution in [2.45, 2.75) is 6.54 Å². The van der Waals surface area contributed by atoms with Crippen LogP contribution in [0.5, 0.6) is 0 Å². The number of amides is 2. The van der Waals surface area contributed by atoms with Gasteiger partial charge in [-0.2, -0.15) is 5.10 Å². The van der Waals surface area contributed by atoms with Gasteiger partial charge in [0.05, 0.1) is 22.3 Å². The Hall–Kier alpha value is -3.19. The van der Waals surface area contributed by atoms with Gasteiger partial charge in [-0.05, 0) is 24.3 Å². The highest BCUT2D eigenvalue weighted by Crippen LogP contribution is 2.14. The second kappa shape index (κ2) is 8.46. The molecular formula is C19H17ClN4O3. The van der Waals surface area contributed by atoms with E-state index in [-0.39, 0.29) is 36.9 Å². The minimum absolute atomic E-state index is 0.0285. The third-order valence-corrected chi connectivity index (χ3v) is 4.24. The van der Waals surface area contributed by atoms with E-state index >= 15 is 0 Å². The zero-order chi connectivity index (χ0) is 19.2. The predicted molar refractivity (Wildman–Crippen MR) is 103 cm³/mol. The molecule has 8 heteroatoms. The van der Waals surface area contributed by atoms with Gasteiger partial charge in [-0.25, -0.2) is 0 Å². The highest BCUT2D eigenvalue weighted by atomic mass is 35.5. The summed E-state index contributed by atoms with van der Waals surface area (Å²) in [5.74, 6) is -0.578. The van der Waals surface area contributed by atoms with Gasteiger partial charge in [0.2, 0.25) is 11.3 Å². The van der Waals surface area contributed by atoms with Gasteiger partial charge in [-0.1, -0.05) is 35.9 Å². The molecule has 0 saturated heterocycles. The first-order valence-corrected chi connectivity index (χ1v) is 8.68. The topological polar surface area (TPSA) is 93.1 Å². The van der Waals surface area contributed by atoms with E-state index in [4.69, 9.17) is 11.6 Å². The Balaban J connectivity index is 1.52. The van der Waals surface area contributed by atoms with Gasteiger partial charge in [0.1, 0.15) is 6.54 Å². The molecule has 1 aromatic heterocycles. The minimum Gasteiger partial charge on any atom is -0.353 e. The molecule has 2 amide bonds. The number of aromatic nitrogens is 2. The second-order valence-electron chi connectivity index (χ2n) is 5.77. The summed E-state index contributed by atoms with van der Waals surface area (Å²) < 4.78 is 1.47. The highest BCUT2D eigenvalue weighted by molar-refractivity contribution is 6.33. The first-order chi connectivity index (χ1) is 13.1. The fourth-order valence-electron chi connectivity index (χ4n) is 2.60. The number of nitrogens with one attached hydrogen (secondary N) is 2. The summed E-state index contributed by atoms with van der Waals surface area (Å²) in [4.78, 5) is 36.0. The number of rotatable bonds is 6. The molecule has 0 radical (unpaired) electrons. The third-order valence-electron chi connectivity index (χ3n) is 3.91. The average molecular weight is 385 g/mol. The Morgan fingerprint density at radius 2 is 1.70 bits per heavy atom. The molecule has 0 bridgehead atoms. The van der Waals surface area contributed by atoms with E-state index in [2.05, 4.69) is 15.7 Å². The van der Waals surface area contributed by atoms with E-state index in [1.807, 2.05) is 0 Å². The van der Waals surface area contributed by atoms with Crippen LogP contribution >= 0.6 is 11.6 Å². The lowest BCUT2D eigenvalue weighted by Crippen LogP contribution is -2.36. The molecule has 0 saturated carbocycles. The van der Waals surface area contributed by atoms with Crippen molar-refractivity contribution in [1.82, 2.24) is 20.4 Å². The number of carbonyl (C=O) groups is 2. The number of carbonyl (C=O) groups excluding carboxylic acids is 2. The van der Waals surface area contributed by atoms with Gasteiger partial charge >= 0.3 is 0 Å². The first-order valence-electron chi connectivity index (χ1n) is 8.30.